The van der Waals surface area contributed by atoms with E-state index in [2.05, 4.69) is 15.8 Å². The van der Waals surface area contributed by atoms with Crippen LogP contribution >= 0.6 is 0 Å². The fourth-order valence-electron chi connectivity index (χ4n) is 2.89. The van der Waals surface area contributed by atoms with Gasteiger partial charge in [-0.15, -0.1) is 0 Å². The lowest BCUT2D eigenvalue weighted by atomic mass is 10.0. The summed E-state index contributed by atoms with van der Waals surface area (Å²) in [6.45, 7) is 9.10. The molecule has 0 bridgehead atoms. The van der Waals surface area contributed by atoms with Crippen LogP contribution in [0.5, 0.6) is 17.2 Å². The molecule has 0 aliphatic carbocycles. The van der Waals surface area contributed by atoms with Gasteiger partial charge in [-0.25, -0.2) is 4.79 Å². The van der Waals surface area contributed by atoms with Crippen molar-refractivity contribution in [2.24, 2.45) is 16.8 Å². The third-order valence-electron chi connectivity index (χ3n) is 4.33. The van der Waals surface area contributed by atoms with E-state index < -0.39 is 23.6 Å². The Morgan fingerprint density at radius 3 is 2.12 bits per heavy atom. The van der Waals surface area contributed by atoms with Crippen LogP contribution in [0.3, 0.4) is 0 Å². The molecule has 192 valence electrons. The van der Waals surface area contributed by atoms with Crippen molar-refractivity contribution in [2.75, 3.05) is 27.9 Å². The van der Waals surface area contributed by atoms with E-state index in [0.717, 1.165) is 5.56 Å². The summed E-state index contributed by atoms with van der Waals surface area (Å²) in [5, 5.41) is 9.21. The van der Waals surface area contributed by atoms with Crippen molar-refractivity contribution >= 4 is 17.8 Å². The maximum atomic E-state index is 12.2. The van der Waals surface area contributed by atoms with Gasteiger partial charge < -0.3 is 40.2 Å². The van der Waals surface area contributed by atoms with Gasteiger partial charge in [0, 0.05) is 6.54 Å². The number of nitrogens with one attached hydrogen (secondary N) is 2. The molecule has 0 aliphatic heterocycles. The van der Waals surface area contributed by atoms with Crippen molar-refractivity contribution in [1.29, 1.82) is 0 Å². The number of hydrogen-bond donors (Lipinski definition) is 3. The molecule has 1 atom stereocenters. The van der Waals surface area contributed by atoms with Gasteiger partial charge in [-0.2, -0.15) is 0 Å². The smallest absolute Gasteiger partial charge is 0.408 e. The van der Waals surface area contributed by atoms with E-state index in [1.54, 1.807) is 32.9 Å². The number of amidine groups is 1. The van der Waals surface area contributed by atoms with Crippen LogP contribution in [0, 0.1) is 5.92 Å². The summed E-state index contributed by atoms with van der Waals surface area (Å²) in [6, 6.07) is 2.87. The van der Waals surface area contributed by atoms with Gasteiger partial charge in [0.05, 0.1) is 27.4 Å². The molecule has 0 aromatic heterocycles. The van der Waals surface area contributed by atoms with Gasteiger partial charge in [-0.05, 0) is 50.8 Å². The van der Waals surface area contributed by atoms with Crippen LogP contribution in [0.1, 0.15) is 46.6 Å². The van der Waals surface area contributed by atoms with Crippen LogP contribution in [0.4, 0.5) is 4.79 Å². The first-order valence-corrected chi connectivity index (χ1v) is 10.9. The molecular weight excluding hydrogens is 444 g/mol. The molecule has 11 heteroatoms. The highest BCUT2D eigenvalue weighted by molar-refractivity contribution is 5.88. The first-order valence-electron chi connectivity index (χ1n) is 10.9. The summed E-state index contributed by atoms with van der Waals surface area (Å²) in [5.74, 6) is 1.27. The maximum absolute atomic E-state index is 12.2. The Balaban J connectivity index is 2.69. The molecule has 4 N–H and O–H groups in total. The molecule has 0 aliphatic rings. The standard InChI is InChI=1S/C23H38N4O7/c1-14(2)9-16(26-22(29)34-23(3,4)5)21(24)27-33-13-19(28)25-12-15-10-17(30-6)20(32-8)18(11-15)31-7/h10-11,14,16H,9,12-13H2,1-8H3,(H2,24,27)(H,25,28)(H,26,29). The fraction of sp³-hybridized carbons (Fsp3) is 0.609. The Morgan fingerprint density at radius 2 is 1.65 bits per heavy atom. The second-order valence-electron chi connectivity index (χ2n) is 8.93. The van der Waals surface area contributed by atoms with E-state index >= 15 is 0 Å². The predicted octanol–water partition coefficient (Wildman–Crippen LogP) is 2.56. The summed E-state index contributed by atoms with van der Waals surface area (Å²) in [4.78, 5) is 29.4. The van der Waals surface area contributed by atoms with Crippen molar-refractivity contribution in [3.63, 3.8) is 0 Å². The van der Waals surface area contributed by atoms with Gasteiger partial charge in [0.15, 0.2) is 23.9 Å². The number of oxime groups is 1. The highest BCUT2D eigenvalue weighted by Gasteiger charge is 2.23. The van der Waals surface area contributed by atoms with Crippen LogP contribution in [-0.4, -0.2) is 57.4 Å². The Hall–Kier alpha value is -3.37. The normalized spacial score (nSPS) is 12.6. The lowest BCUT2D eigenvalue weighted by molar-refractivity contribution is -0.125. The molecule has 0 radical (unpaired) electrons. The Morgan fingerprint density at radius 1 is 1.06 bits per heavy atom. The summed E-state index contributed by atoms with van der Waals surface area (Å²) < 4.78 is 21.2. The SMILES string of the molecule is COc1cc(CNC(=O)CO/N=C(/N)C(CC(C)C)NC(=O)OC(C)(C)C)cc(OC)c1OC. The van der Waals surface area contributed by atoms with E-state index in [0.29, 0.717) is 23.7 Å². The molecule has 1 aromatic rings. The van der Waals surface area contributed by atoms with Crippen molar-refractivity contribution in [1.82, 2.24) is 10.6 Å². The minimum atomic E-state index is -0.648. The zero-order valence-electron chi connectivity index (χ0n) is 21.3. The number of amides is 2. The van der Waals surface area contributed by atoms with Crippen LogP contribution in [0.25, 0.3) is 0 Å². The van der Waals surface area contributed by atoms with Crippen LogP contribution < -0.4 is 30.6 Å². The quantitative estimate of drug-likeness (QED) is 0.234. The number of benzene rings is 1. The van der Waals surface area contributed by atoms with Crippen molar-refractivity contribution in [3.8, 4) is 17.2 Å². The summed E-state index contributed by atoms with van der Waals surface area (Å²) >= 11 is 0. The van der Waals surface area contributed by atoms with E-state index in [4.69, 9.17) is 29.5 Å². The van der Waals surface area contributed by atoms with E-state index in [9.17, 15) is 9.59 Å². The van der Waals surface area contributed by atoms with Gasteiger partial charge in [0.1, 0.15) is 5.60 Å². The second kappa shape index (κ2) is 13.4. The van der Waals surface area contributed by atoms with Gasteiger partial charge in [-0.1, -0.05) is 19.0 Å². The lowest BCUT2D eigenvalue weighted by Gasteiger charge is -2.24. The number of carbonyl (C=O) groups is 2. The molecular formula is C23H38N4O7. The molecule has 1 aromatic carbocycles. The molecule has 0 fully saturated rings. The number of ether oxygens (including phenoxy) is 4. The van der Waals surface area contributed by atoms with Gasteiger partial charge in [0.2, 0.25) is 5.75 Å². The van der Waals surface area contributed by atoms with E-state index in [1.807, 2.05) is 13.8 Å². The van der Waals surface area contributed by atoms with Crippen LogP contribution in [0.2, 0.25) is 0 Å². The number of hydrogen-bond acceptors (Lipinski definition) is 8. The summed E-state index contributed by atoms with van der Waals surface area (Å²) in [6.07, 6.45) is -0.0926. The highest BCUT2D eigenvalue weighted by Crippen LogP contribution is 2.38. The number of nitrogens with two attached hydrogens (primary N) is 1. The molecule has 34 heavy (non-hydrogen) atoms. The number of alkyl carbamates (subject to hydrolysis) is 1. The lowest BCUT2D eigenvalue weighted by Crippen LogP contribution is -2.47. The minimum Gasteiger partial charge on any atom is -0.493 e. The average molecular weight is 483 g/mol. The van der Waals surface area contributed by atoms with Gasteiger partial charge in [-0.3, -0.25) is 4.79 Å². The summed E-state index contributed by atoms with van der Waals surface area (Å²) in [5.41, 5.74) is 6.10. The second-order valence-corrected chi connectivity index (χ2v) is 8.93. The third kappa shape index (κ3) is 10.1. The molecule has 0 heterocycles. The Bertz CT molecular complexity index is 825. The van der Waals surface area contributed by atoms with Crippen molar-refractivity contribution in [3.05, 3.63) is 17.7 Å². The molecule has 1 unspecified atom stereocenters. The van der Waals surface area contributed by atoms with Crippen LogP contribution in [0.15, 0.2) is 17.3 Å². The Kier molecular flexibility index (Phi) is 11.3. The molecule has 2 amide bonds. The molecule has 0 spiro atoms. The van der Waals surface area contributed by atoms with Crippen LogP contribution in [-0.2, 0) is 20.9 Å². The maximum Gasteiger partial charge on any atom is 0.408 e. The van der Waals surface area contributed by atoms with Gasteiger partial charge >= 0.3 is 6.09 Å². The number of carbonyl (C=O) groups excluding carboxylic acids is 2. The topological polar surface area (TPSA) is 143 Å². The number of rotatable bonds is 12. The largest absolute Gasteiger partial charge is 0.493 e. The fourth-order valence-corrected chi connectivity index (χ4v) is 2.89. The highest BCUT2D eigenvalue weighted by atomic mass is 16.6. The first kappa shape index (κ1) is 28.7. The molecule has 11 nitrogen and oxygen atoms in total. The Labute approximate surface area is 201 Å². The third-order valence-corrected chi connectivity index (χ3v) is 4.33. The predicted molar refractivity (Wildman–Crippen MR) is 128 cm³/mol. The monoisotopic (exact) mass is 482 g/mol. The van der Waals surface area contributed by atoms with Crippen molar-refractivity contribution in [2.45, 2.75) is 59.2 Å². The molecule has 1 rings (SSSR count). The zero-order chi connectivity index (χ0) is 25.9. The van der Waals surface area contributed by atoms with Gasteiger partial charge in [0.25, 0.3) is 5.91 Å². The number of nitrogens with zero attached hydrogens (tertiary/aromatic N) is 1. The minimum absolute atomic E-state index is 0.0389. The molecule has 0 saturated heterocycles. The zero-order valence-corrected chi connectivity index (χ0v) is 21.3. The molecule has 0 saturated carbocycles. The van der Waals surface area contributed by atoms with E-state index in [-0.39, 0.29) is 24.9 Å². The first-order chi connectivity index (χ1) is 15.9. The van der Waals surface area contributed by atoms with E-state index in [1.165, 1.54) is 21.3 Å². The van der Waals surface area contributed by atoms with Crippen molar-refractivity contribution < 1.29 is 33.4 Å². The average Bonchev–Trinajstić information content (AvgIpc) is 2.74. The number of methoxy groups -OCH3 is 3. The summed E-state index contributed by atoms with van der Waals surface area (Å²) in [7, 11) is 4.54.